The van der Waals surface area contributed by atoms with Gasteiger partial charge in [-0.3, -0.25) is 14.5 Å². The molecule has 1 heterocycles. The zero-order valence-corrected chi connectivity index (χ0v) is 23.3. The number of benzene rings is 3. The quantitative estimate of drug-likeness (QED) is 0.290. The summed E-state index contributed by atoms with van der Waals surface area (Å²) in [7, 11) is 0. The number of aliphatic carboxylic acids is 2. The Morgan fingerprint density at radius 2 is 1.40 bits per heavy atom. The first-order chi connectivity index (χ1) is 20.2. The number of carboxylic acids is 2. The summed E-state index contributed by atoms with van der Waals surface area (Å²) in [5, 5.41) is 16.0. The maximum absolute atomic E-state index is 13.4. The van der Waals surface area contributed by atoms with Crippen molar-refractivity contribution < 1.29 is 33.3 Å². The van der Waals surface area contributed by atoms with Crippen LogP contribution < -0.4 is 5.73 Å². The Kier molecular flexibility index (Phi) is 13.1. The van der Waals surface area contributed by atoms with Gasteiger partial charge in [0.1, 0.15) is 23.8 Å². The van der Waals surface area contributed by atoms with Crippen LogP contribution in [0.5, 0.6) is 0 Å². The lowest BCUT2D eigenvalue weighted by atomic mass is 10.0. The summed E-state index contributed by atoms with van der Waals surface area (Å²) in [5.74, 6) is -3.07. The third-order valence-electron chi connectivity index (χ3n) is 6.67. The number of allylic oxidation sites excluding steroid dienone is 1. The Morgan fingerprint density at radius 1 is 0.857 bits per heavy atom. The number of ether oxygens (including phenoxy) is 1. The second-order valence-electron chi connectivity index (χ2n) is 9.85. The second-order valence-corrected chi connectivity index (χ2v) is 9.85. The van der Waals surface area contributed by atoms with Crippen molar-refractivity contribution in [3.63, 3.8) is 0 Å². The van der Waals surface area contributed by atoms with Gasteiger partial charge in [0, 0.05) is 32.7 Å². The first kappa shape index (κ1) is 32.4. The van der Waals surface area contributed by atoms with Crippen LogP contribution in [-0.2, 0) is 20.7 Å². The summed E-state index contributed by atoms with van der Waals surface area (Å²) in [6, 6.07) is 21.8. The number of carboxylic acid groups (broad SMARTS) is 2. The highest BCUT2D eigenvalue weighted by atomic mass is 19.1. The molecule has 0 amide bonds. The van der Waals surface area contributed by atoms with Crippen molar-refractivity contribution in [3.8, 4) is 0 Å². The van der Waals surface area contributed by atoms with Crippen molar-refractivity contribution in [2.45, 2.75) is 25.0 Å². The number of hydrogen-bond acceptors (Lipinski definition) is 6. The number of nitrogens with zero attached hydrogens (tertiary/aromatic N) is 2. The van der Waals surface area contributed by atoms with E-state index in [2.05, 4.69) is 46.3 Å². The lowest BCUT2D eigenvalue weighted by Crippen LogP contribution is -2.45. The normalized spacial score (nSPS) is 14.4. The molecule has 42 heavy (non-hydrogen) atoms. The summed E-state index contributed by atoms with van der Waals surface area (Å²) in [5.41, 5.74) is 7.87. The molecule has 1 aliphatic heterocycles. The zero-order valence-electron chi connectivity index (χ0n) is 23.3. The minimum absolute atomic E-state index is 0.285. The first-order valence-corrected chi connectivity index (χ1v) is 13.7. The molecular weight excluding hydrogens is 544 g/mol. The van der Waals surface area contributed by atoms with Crippen molar-refractivity contribution in [1.82, 2.24) is 9.80 Å². The summed E-state index contributed by atoms with van der Waals surface area (Å²) in [6.07, 6.45) is 4.50. The lowest BCUT2D eigenvalue weighted by Gasteiger charge is -2.34. The maximum atomic E-state index is 13.4. The fraction of sp³-hybridized carbons (Fsp3) is 0.312. The fourth-order valence-corrected chi connectivity index (χ4v) is 4.32. The van der Waals surface area contributed by atoms with Crippen molar-refractivity contribution >= 4 is 11.9 Å². The minimum atomic E-state index is -1.29. The van der Waals surface area contributed by atoms with E-state index in [-0.39, 0.29) is 17.7 Å². The number of rotatable bonds is 12. The molecule has 4 N–H and O–H groups in total. The molecule has 0 aliphatic carbocycles. The predicted molar refractivity (Wildman–Crippen MR) is 156 cm³/mol. The van der Waals surface area contributed by atoms with Gasteiger partial charge in [-0.05, 0) is 53.6 Å². The standard InChI is InChI=1S/C28H30F2N2O.C4H7NO4/c29-26-12-8-24(9-13-26)28(25-10-14-27(30)15-11-25)33-22-21-32-19-17-31(18-20-32)16-4-7-23-5-2-1-3-6-23;5-2(4(8)9)1-3(6)7/h1-6,8-16,28H,7,17-22H2;2H,1,5H2,(H,6,7)(H,8,9)/b16-4+;/t;2-/m.0/s1. The van der Waals surface area contributed by atoms with Gasteiger partial charge in [0.25, 0.3) is 0 Å². The summed E-state index contributed by atoms with van der Waals surface area (Å²) < 4.78 is 33.0. The molecule has 1 fully saturated rings. The average molecular weight is 582 g/mol. The Morgan fingerprint density at radius 3 is 1.88 bits per heavy atom. The van der Waals surface area contributed by atoms with Crippen LogP contribution in [0, 0.1) is 11.6 Å². The summed E-state index contributed by atoms with van der Waals surface area (Å²) in [4.78, 5) is 24.4. The van der Waals surface area contributed by atoms with Crippen molar-refractivity contribution in [2.75, 3.05) is 39.3 Å². The number of hydrogen-bond donors (Lipinski definition) is 3. The van der Waals surface area contributed by atoms with E-state index in [1.807, 2.05) is 6.07 Å². The molecular formula is C32H37F2N3O5. The van der Waals surface area contributed by atoms with Gasteiger partial charge in [0.05, 0.1) is 13.0 Å². The molecule has 10 heteroatoms. The minimum Gasteiger partial charge on any atom is -0.481 e. The van der Waals surface area contributed by atoms with Crippen LogP contribution in [0.1, 0.15) is 29.2 Å². The molecule has 1 aliphatic rings. The van der Waals surface area contributed by atoms with Crippen LogP contribution in [0.4, 0.5) is 8.78 Å². The largest absolute Gasteiger partial charge is 0.481 e. The van der Waals surface area contributed by atoms with E-state index in [1.54, 1.807) is 24.3 Å². The number of piperazine rings is 1. The van der Waals surface area contributed by atoms with Crippen molar-refractivity contribution in [2.24, 2.45) is 5.73 Å². The molecule has 1 atom stereocenters. The predicted octanol–water partition coefficient (Wildman–Crippen LogP) is 4.32. The Balaban J connectivity index is 0.000000467. The third-order valence-corrected chi connectivity index (χ3v) is 6.67. The van der Waals surface area contributed by atoms with Crippen LogP contribution in [0.2, 0.25) is 0 Å². The molecule has 8 nitrogen and oxygen atoms in total. The molecule has 0 aromatic heterocycles. The van der Waals surface area contributed by atoms with Crippen LogP contribution in [-0.4, -0.2) is 77.3 Å². The summed E-state index contributed by atoms with van der Waals surface area (Å²) in [6.45, 7) is 5.31. The first-order valence-electron chi connectivity index (χ1n) is 13.7. The van der Waals surface area contributed by atoms with Gasteiger partial charge in [0.2, 0.25) is 0 Å². The molecule has 0 radical (unpaired) electrons. The van der Waals surface area contributed by atoms with Crippen molar-refractivity contribution in [1.29, 1.82) is 0 Å². The third kappa shape index (κ3) is 11.4. The van der Waals surface area contributed by atoms with Crippen molar-refractivity contribution in [3.05, 3.63) is 119 Å². The lowest BCUT2D eigenvalue weighted by molar-refractivity contribution is -0.144. The topological polar surface area (TPSA) is 116 Å². The average Bonchev–Trinajstić information content (AvgIpc) is 2.98. The van der Waals surface area contributed by atoms with E-state index in [0.717, 1.165) is 50.3 Å². The van der Waals surface area contributed by atoms with Gasteiger partial charge in [0.15, 0.2) is 0 Å². The Bertz CT molecular complexity index is 1220. The maximum Gasteiger partial charge on any atom is 0.321 e. The number of nitrogens with two attached hydrogens (primary N) is 1. The van der Waals surface area contributed by atoms with Crippen LogP contribution in [0.3, 0.4) is 0 Å². The molecule has 224 valence electrons. The van der Waals surface area contributed by atoms with Gasteiger partial charge < -0.3 is 25.6 Å². The van der Waals surface area contributed by atoms with E-state index in [1.165, 1.54) is 29.8 Å². The number of carbonyl (C=O) groups is 2. The van der Waals surface area contributed by atoms with Gasteiger partial charge in [-0.25, -0.2) is 8.78 Å². The highest BCUT2D eigenvalue weighted by Gasteiger charge is 2.18. The Hall–Kier alpha value is -4.12. The van der Waals surface area contributed by atoms with E-state index in [0.29, 0.717) is 6.61 Å². The smallest absolute Gasteiger partial charge is 0.321 e. The highest BCUT2D eigenvalue weighted by Crippen LogP contribution is 2.26. The molecule has 0 bridgehead atoms. The van der Waals surface area contributed by atoms with E-state index in [4.69, 9.17) is 20.7 Å². The van der Waals surface area contributed by atoms with E-state index in [9.17, 15) is 18.4 Å². The zero-order chi connectivity index (χ0) is 30.3. The van der Waals surface area contributed by atoms with Gasteiger partial charge in [-0.15, -0.1) is 0 Å². The molecule has 4 rings (SSSR count). The highest BCUT2D eigenvalue weighted by molar-refractivity contribution is 5.80. The van der Waals surface area contributed by atoms with E-state index >= 15 is 0 Å². The van der Waals surface area contributed by atoms with Crippen LogP contribution >= 0.6 is 0 Å². The van der Waals surface area contributed by atoms with E-state index < -0.39 is 24.4 Å². The molecule has 0 spiro atoms. The van der Waals surface area contributed by atoms with Crippen LogP contribution in [0.25, 0.3) is 0 Å². The van der Waals surface area contributed by atoms with Gasteiger partial charge >= 0.3 is 11.9 Å². The molecule has 0 unspecified atom stereocenters. The molecule has 3 aromatic rings. The van der Waals surface area contributed by atoms with Gasteiger partial charge in [-0.2, -0.15) is 0 Å². The summed E-state index contributed by atoms with van der Waals surface area (Å²) >= 11 is 0. The molecule has 3 aromatic carbocycles. The number of halogens is 2. The fourth-order valence-electron chi connectivity index (χ4n) is 4.32. The van der Waals surface area contributed by atoms with Gasteiger partial charge in [-0.1, -0.05) is 60.7 Å². The monoisotopic (exact) mass is 581 g/mol. The Labute approximate surface area is 244 Å². The second kappa shape index (κ2) is 17.0. The SMILES string of the molecule is Fc1ccc(C(OCCN2CCN(/C=C/Cc3ccccc3)CC2)c2ccc(F)cc2)cc1.N[C@@H](CC(=O)O)C(=O)O. The molecule has 1 saturated heterocycles. The van der Waals surface area contributed by atoms with Crippen LogP contribution in [0.15, 0.2) is 91.1 Å². The molecule has 0 saturated carbocycles.